The van der Waals surface area contributed by atoms with Gasteiger partial charge >= 0.3 is 0 Å². The molecule has 1 heterocycles. The molecule has 2 aromatic carbocycles. The fourth-order valence-electron chi connectivity index (χ4n) is 3.06. The van der Waals surface area contributed by atoms with Gasteiger partial charge in [0.2, 0.25) is 0 Å². The molecule has 2 aromatic rings. The smallest absolute Gasteiger partial charge is 0.120 e. The third-order valence-corrected chi connectivity index (χ3v) is 4.15. The van der Waals surface area contributed by atoms with Crippen LogP contribution in [0.3, 0.4) is 0 Å². The molecule has 1 unspecified atom stereocenters. The lowest BCUT2D eigenvalue weighted by Crippen LogP contribution is -2.34. The molecule has 0 aromatic heterocycles. The van der Waals surface area contributed by atoms with E-state index in [-0.39, 0.29) is 0 Å². The first-order valence-corrected chi connectivity index (χ1v) is 6.93. The van der Waals surface area contributed by atoms with E-state index in [1.807, 2.05) is 18.2 Å². The molecule has 3 heteroatoms. The molecule has 100 valence electrons. The van der Waals surface area contributed by atoms with Crippen molar-refractivity contribution in [3.63, 3.8) is 0 Å². The van der Waals surface area contributed by atoms with Crippen LogP contribution in [0.5, 0.6) is 5.75 Å². The quantitative estimate of drug-likeness (QED) is 0.887. The largest absolute Gasteiger partial charge is 0.508 e. The summed E-state index contributed by atoms with van der Waals surface area (Å²) in [4.78, 5) is 2.39. The molecule has 0 radical (unpaired) electrons. The standard InChI is InChI=1S/C16H20N2O/c17-10-13-5-3-9-18(13)11-15-14-6-2-1-4-12(14)7-8-16(15)19/h1-2,4,6-8,13,19H,3,5,9-11,17H2. The summed E-state index contributed by atoms with van der Waals surface area (Å²) in [5, 5.41) is 12.5. The highest BCUT2D eigenvalue weighted by molar-refractivity contribution is 5.87. The van der Waals surface area contributed by atoms with E-state index in [0.717, 1.165) is 24.0 Å². The van der Waals surface area contributed by atoms with Crippen LogP contribution in [-0.4, -0.2) is 29.1 Å². The maximum absolute atomic E-state index is 10.2. The minimum absolute atomic E-state index is 0.390. The number of aromatic hydroxyl groups is 1. The van der Waals surface area contributed by atoms with Crippen LogP contribution < -0.4 is 5.73 Å². The molecule has 19 heavy (non-hydrogen) atoms. The third kappa shape index (κ3) is 2.31. The molecule has 0 spiro atoms. The van der Waals surface area contributed by atoms with Crippen molar-refractivity contribution in [3.05, 3.63) is 42.0 Å². The van der Waals surface area contributed by atoms with E-state index in [1.165, 1.54) is 18.2 Å². The second-order valence-electron chi connectivity index (χ2n) is 5.29. The number of hydrogen-bond acceptors (Lipinski definition) is 3. The maximum Gasteiger partial charge on any atom is 0.120 e. The van der Waals surface area contributed by atoms with Crippen LogP contribution in [-0.2, 0) is 6.54 Å². The zero-order valence-corrected chi connectivity index (χ0v) is 11.0. The molecule has 1 aliphatic rings. The van der Waals surface area contributed by atoms with Crippen molar-refractivity contribution in [2.75, 3.05) is 13.1 Å². The van der Waals surface area contributed by atoms with Gasteiger partial charge in [-0.3, -0.25) is 4.90 Å². The van der Waals surface area contributed by atoms with Gasteiger partial charge in [0, 0.05) is 24.7 Å². The van der Waals surface area contributed by atoms with Crippen molar-refractivity contribution in [2.45, 2.75) is 25.4 Å². The van der Waals surface area contributed by atoms with E-state index in [1.54, 1.807) is 6.07 Å². The highest BCUT2D eigenvalue weighted by atomic mass is 16.3. The minimum atomic E-state index is 0.390. The van der Waals surface area contributed by atoms with E-state index in [4.69, 9.17) is 5.73 Å². The van der Waals surface area contributed by atoms with Gasteiger partial charge in [-0.05, 0) is 36.2 Å². The Morgan fingerprint density at radius 2 is 2.05 bits per heavy atom. The normalized spacial score (nSPS) is 20.2. The Bertz CT molecular complexity index is 582. The van der Waals surface area contributed by atoms with Gasteiger partial charge in [-0.15, -0.1) is 0 Å². The lowest BCUT2D eigenvalue weighted by molar-refractivity contribution is 0.248. The number of fused-ring (bicyclic) bond motifs is 1. The van der Waals surface area contributed by atoms with E-state index >= 15 is 0 Å². The zero-order valence-electron chi connectivity index (χ0n) is 11.0. The number of benzene rings is 2. The first-order chi connectivity index (χ1) is 9.29. The molecule has 3 N–H and O–H groups in total. The monoisotopic (exact) mass is 256 g/mol. The lowest BCUT2D eigenvalue weighted by atomic mass is 10.0. The van der Waals surface area contributed by atoms with Crippen LogP contribution >= 0.6 is 0 Å². The van der Waals surface area contributed by atoms with Gasteiger partial charge in [0.15, 0.2) is 0 Å². The number of likely N-dealkylation sites (tertiary alicyclic amines) is 1. The summed E-state index contributed by atoms with van der Waals surface area (Å²) in [5.41, 5.74) is 6.85. The average molecular weight is 256 g/mol. The van der Waals surface area contributed by atoms with Crippen molar-refractivity contribution in [2.24, 2.45) is 5.73 Å². The fraction of sp³-hybridized carbons (Fsp3) is 0.375. The van der Waals surface area contributed by atoms with Crippen molar-refractivity contribution in [1.82, 2.24) is 4.90 Å². The van der Waals surface area contributed by atoms with Gasteiger partial charge < -0.3 is 10.8 Å². The van der Waals surface area contributed by atoms with Gasteiger partial charge in [0.25, 0.3) is 0 Å². The first kappa shape index (κ1) is 12.5. The Balaban J connectivity index is 1.98. The van der Waals surface area contributed by atoms with Crippen molar-refractivity contribution < 1.29 is 5.11 Å². The van der Waals surface area contributed by atoms with E-state index < -0.39 is 0 Å². The van der Waals surface area contributed by atoms with Crippen LogP contribution in [0.25, 0.3) is 10.8 Å². The molecule has 1 saturated heterocycles. The molecule has 3 rings (SSSR count). The van der Waals surface area contributed by atoms with Crippen LogP contribution in [0.1, 0.15) is 18.4 Å². The Morgan fingerprint density at radius 3 is 2.89 bits per heavy atom. The third-order valence-electron chi connectivity index (χ3n) is 4.15. The molecule has 0 amide bonds. The summed E-state index contributed by atoms with van der Waals surface area (Å²) in [7, 11) is 0. The average Bonchev–Trinajstić information content (AvgIpc) is 2.89. The van der Waals surface area contributed by atoms with Crippen molar-refractivity contribution in [3.8, 4) is 5.75 Å². The molecule has 1 aliphatic heterocycles. The van der Waals surface area contributed by atoms with Gasteiger partial charge in [-0.2, -0.15) is 0 Å². The van der Waals surface area contributed by atoms with E-state index in [0.29, 0.717) is 18.3 Å². The number of hydrogen-bond donors (Lipinski definition) is 2. The first-order valence-electron chi connectivity index (χ1n) is 6.93. The number of phenols is 1. The number of phenolic OH excluding ortho intramolecular Hbond substituents is 1. The van der Waals surface area contributed by atoms with Gasteiger partial charge in [0.1, 0.15) is 5.75 Å². The fourth-order valence-corrected chi connectivity index (χ4v) is 3.06. The Morgan fingerprint density at radius 1 is 1.21 bits per heavy atom. The molecule has 1 atom stereocenters. The van der Waals surface area contributed by atoms with Crippen molar-refractivity contribution >= 4 is 10.8 Å². The second-order valence-corrected chi connectivity index (χ2v) is 5.29. The summed E-state index contributed by atoms with van der Waals surface area (Å²) in [6, 6.07) is 12.4. The maximum atomic E-state index is 10.2. The molecule has 0 aliphatic carbocycles. The Hall–Kier alpha value is -1.58. The van der Waals surface area contributed by atoms with Gasteiger partial charge in [0.05, 0.1) is 0 Å². The number of rotatable bonds is 3. The van der Waals surface area contributed by atoms with Gasteiger partial charge in [-0.25, -0.2) is 0 Å². The predicted octanol–water partition coefficient (Wildman–Crippen LogP) is 2.47. The Labute approximate surface area is 113 Å². The Kier molecular flexibility index (Phi) is 3.40. The molecule has 0 bridgehead atoms. The minimum Gasteiger partial charge on any atom is -0.508 e. The topological polar surface area (TPSA) is 49.5 Å². The number of nitrogens with zero attached hydrogens (tertiary/aromatic N) is 1. The summed E-state index contributed by atoms with van der Waals surface area (Å²) in [6.07, 6.45) is 2.37. The van der Waals surface area contributed by atoms with Crippen molar-refractivity contribution in [1.29, 1.82) is 0 Å². The summed E-state index contributed by atoms with van der Waals surface area (Å²) < 4.78 is 0. The molecular formula is C16H20N2O. The van der Waals surface area contributed by atoms with Gasteiger partial charge in [-0.1, -0.05) is 30.3 Å². The van der Waals surface area contributed by atoms with Crippen LogP contribution in [0.2, 0.25) is 0 Å². The van der Waals surface area contributed by atoms with Crippen LogP contribution in [0.15, 0.2) is 36.4 Å². The molecule has 0 saturated carbocycles. The molecular weight excluding hydrogens is 236 g/mol. The van der Waals surface area contributed by atoms with Crippen LogP contribution in [0.4, 0.5) is 0 Å². The van der Waals surface area contributed by atoms with E-state index in [2.05, 4.69) is 17.0 Å². The summed E-state index contributed by atoms with van der Waals surface area (Å²) in [6.45, 7) is 2.56. The molecule has 1 fully saturated rings. The highest BCUT2D eigenvalue weighted by Crippen LogP contribution is 2.30. The lowest BCUT2D eigenvalue weighted by Gasteiger charge is -2.24. The zero-order chi connectivity index (χ0) is 13.2. The number of nitrogens with two attached hydrogens (primary N) is 1. The molecule has 3 nitrogen and oxygen atoms in total. The summed E-state index contributed by atoms with van der Waals surface area (Å²) >= 11 is 0. The predicted molar refractivity (Wildman–Crippen MR) is 78.1 cm³/mol. The SMILES string of the molecule is NCC1CCCN1Cc1c(O)ccc2ccccc12. The highest BCUT2D eigenvalue weighted by Gasteiger charge is 2.24. The van der Waals surface area contributed by atoms with Crippen LogP contribution in [0, 0.1) is 0 Å². The van der Waals surface area contributed by atoms with E-state index in [9.17, 15) is 5.11 Å². The summed E-state index contributed by atoms with van der Waals surface area (Å²) in [5.74, 6) is 0.390. The second kappa shape index (κ2) is 5.19.